The van der Waals surface area contributed by atoms with Crippen LogP contribution in [-0.4, -0.2) is 61.6 Å². The van der Waals surface area contributed by atoms with Crippen molar-refractivity contribution >= 4 is 29.3 Å². The zero-order chi connectivity index (χ0) is 24.9. The standard InChI is InChI=1S/C26H33N3O6/c1-34-22(35-2)14-28(25(33)26-11-15-7-16(12-26)9-17(8-15)13-26)20-10-21(30)29(24(20)32)19-5-3-18(4-6-19)23(27)31/h3-6,15-17,20,22H,7-14H2,1-2H3,(H2,27,31). The molecule has 0 radical (unpaired) electrons. The Hall–Kier alpha value is -2.78. The summed E-state index contributed by atoms with van der Waals surface area (Å²) < 4.78 is 10.8. The van der Waals surface area contributed by atoms with Gasteiger partial charge in [-0.3, -0.25) is 19.2 Å². The molecule has 1 aromatic rings. The van der Waals surface area contributed by atoms with E-state index in [-0.39, 0.29) is 30.3 Å². The van der Waals surface area contributed by atoms with Crippen molar-refractivity contribution in [2.24, 2.45) is 28.9 Å². The highest BCUT2D eigenvalue weighted by atomic mass is 16.7. The molecule has 4 aliphatic carbocycles. The molecule has 6 rings (SSSR count). The van der Waals surface area contributed by atoms with Gasteiger partial charge in [-0.05, 0) is 80.5 Å². The molecule has 0 spiro atoms. The molecule has 9 heteroatoms. The van der Waals surface area contributed by atoms with Crippen LogP contribution < -0.4 is 10.6 Å². The van der Waals surface area contributed by atoms with E-state index in [4.69, 9.17) is 15.2 Å². The fourth-order valence-corrected chi connectivity index (χ4v) is 7.34. The minimum Gasteiger partial charge on any atom is -0.366 e. The average molecular weight is 484 g/mol. The summed E-state index contributed by atoms with van der Waals surface area (Å²) in [4.78, 5) is 54.9. The topological polar surface area (TPSA) is 119 Å². The fourth-order valence-electron chi connectivity index (χ4n) is 7.34. The summed E-state index contributed by atoms with van der Waals surface area (Å²) in [6, 6.07) is 5.09. The lowest BCUT2D eigenvalue weighted by Gasteiger charge is -2.57. The summed E-state index contributed by atoms with van der Waals surface area (Å²) in [5.74, 6) is 0.211. The number of benzene rings is 1. The molecule has 0 aromatic heterocycles. The highest BCUT2D eigenvalue weighted by Gasteiger charge is 2.57. The lowest BCUT2D eigenvalue weighted by molar-refractivity contribution is -0.172. The Kier molecular flexibility index (Phi) is 6.17. The molecule has 4 saturated carbocycles. The molecule has 5 fully saturated rings. The number of carbonyl (C=O) groups is 4. The van der Waals surface area contributed by atoms with Crippen LogP contribution in [0.5, 0.6) is 0 Å². The Labute approximate surface area is 204 Å². The van der Waals surface area contributed by atoms with Crippen LogP contribution in [0.15, 0.2) is 24.3 Å². The number of ether oxygens (including phenoxy) is 2. The van der Waals surface area contributed by atoms with Gasteiger partial charge in [0.25, 0.3) is 5.91 Å². The Morgan fingerprint density at radius 1 is 1.03 bits per heavy atom. The zero-order valence-corrected chi connectivity index (χ0v) is 20.3. The van der Waals surface area contributed by atoms with E-state index < -0.39 is 29.6 Å². The Balaban J connectivity index is 1.44. The van der Waals surface area contributed by atoms with Gasteiger partial charge in [0.1, 0.15) is 6.04 Å². The van der Waals surface area contributed by atoms with Gasteiger partial charge in [0.05, 0.1) is 24.1 Å². The minimum atomic E-state index is -0.924. The van der Waals surface area contributed by atoms with Crippen molar-refractivity contribution in [2.75, 3.05) is 25.7 Å². The smallest absolute Gasteiger partial charge is 0.257 e. The van der Waals surface area contributed by atoms with Crippen molar-refractivity contribution in [3.8, 4) is 0 Å². The van der Waals surface area contributed by atoms with Crippen LogP contribution >= 0.6 is 0 Å². The molecule has 1 aliphatic heterocycles. The van der Waals surface area contributed by atoms with Crippen LogP contribution in [0.1, 0.15) is 55.3 Å². The highest BCUT2D eigenvalue weighted by molar-refractivity contribution is 6.23. The van der Waals surface area contributed by atoms with Crippen LogP contribution in [0.4, 0.5) is 5.69 Å². The lowest BCUT2D eigenvalue weighted by atomic mass is 9.49. The van der Waals surface area contributed by atoms with E-state index in [0.717, 1.165) is 24.2 Å². The Morgan fingerprint density at radius 3 is 2.06 bits per heavy atom. The van der Waals surface area contributed by atoms with Crippen LogP contribution in [0.25, 0.3) is 0 Å². The van der Waals surface area contributed by atoms with E-state index in [0.29, 0.717) is 23.4 Å². The predicted molar refractivity (Wildman–Crippen MR) is 126 cm³/mol. The number of nitrogens with zero attached hydrogens (tertiary/aromatic N) is 2. The van der Waals surface area contributed by atoms with Gasteiger partial charge in [-0.25, -0.2) is 4.90 Å². The first-order valence-corrected chi connectivity index (χ1v) is 12.4. The average Bonchev–Trinajstić information content (AvgIpc) is 3.12. The first-order valence-electron chi connectivity index (χ1n) is 12.4. The molecule has 1 unspecified atom stereocenters. The molecule has 2 N–H and O–H groups in total. The minimum absolute atomic E-state index is 0.0484. The number of carbonyl (C=O) groups excluding carboxylic acids is 4. The summed E-state index contributed by atoms with van der Waals surface area (Å²) in [7, 11) is 2.99. The number of rotatable bonds is 8. The summed E-state index contributed by atoms with van der Waals surface area (Å²) in [6.45, 7) is 0.0751. The van der Waals surface area contributed by atoms with Crippen molar-refractivity contribution < 1.29 is 28.7 Å². The second-order valence-corrected chi connectivity index (χ2v) is 10.8. The van der Waals surface area contributed by atoms with Gasteiger partial charge >= 0.3 is 0 Å². The normalized spacial score (nSPS) is 31.5. The number of methoxy groups -OCH3 is 2. The molecule has 35 heavy (non-hydrogen) atoms. The third kappa shape index (κ3) is 4.14. The van der Waals surface area contributed by atoms with Gasteiger partial charge in [0, 0.05) is 19.8 Å². The van der Waals surface area contributed by atoms with E-state index in [9.17, 15) is 19.2 Å². The van der Waals surface area contributed by atoms with Crippen molar-refractivity contribution in [3.05, 3.63) is 29.8 Å². The van der Waals surface area contributed by atoms with E-state index in [2.05, 4.69) is 0 Å². The fraction of sp³-hybridized carbons (Fsp3) is 0.615. The van der Waals surface area contributed by atoms with Gasteiger partial charge < -0.3 is 20.1 Å². The number of hydrogen-bond acceptors (Lipinski definition) is 6. The summed E-state index contributed by atoms with van der Waals surface area (Å²) >= 11 is 0. The zero-order valence-electron chi connectivity index (χ0n) is 20.3. The maximum atomic E-state index is 14.2. The van der Waals surface area contributed by atoms with Gasteiger partial charge in [0.2, 0.25) is 17.7 Å². The quantitative estimate of drug-likeness (QED) is 0.447. The maximum absolute atomic E-state index is 14.2. The SMILES string of the molecule is COC(CN(C(=O)C12CC3CC(CC(C3)C1)C2)C1CC(=O)N(c2ccc(C(N)=O)cc2)C1=O)OC. The van der Waals surface area contributed by atoms with Gasteiger partial charge in [-0.2, -0.15) is 0 Å². The molecule has 1 atom stereocenters. The highest BCUT2D eigenvalue weighted by Crippen LogP contribution is 2.60. The van der Waals surface area contributed by atoms with Crippen molar-refractivity contribution in [3.63, 3.8) is 0 Å². The molecule has 4 bridgehead atoms. The second kappa shape index (κ2) is 9.02. The van der Waals surface area contributed by atoms with Gasteiger partial charge in [-0.15, -0.1) is 0 Å². The molecule has 188 valence electrons. The van der Waals surface area contributed by atoms with Crippen LogP contribution in [-0.2, 0) is 23.9 Å². The molecule has 9 nitrogen and oxygen atoms in total. The molecule has 4 amide bonds. The third-order valence-corrected chi connectivity index (χ3v) is 8.53. The summed E-state index contributed by atoms with van der Waals surface area (Å²) in [6.07, 6.45) is 5.34. The van der Waals surface area contributed by atoms with Crippen molar-refractivity contribution in [2.45, 2.75) is 57.3 Å². The number of amides is 4. The number of hydrogen-bond donors (Lipinski definition) is 1. The molecule has 1 aromatic carbocycles. The Bertz CT molecular complexity index is 999. The number of nitrogens with two attached hydrogens (primary N) is 1. The van der Waals surface area contributed by atoms with Crippen molar-refractivity contribution in [1.29, 1.82) is 0 Å². The number of primary amides is 1. The lowest BCUT2D eigenvalue weighted by Crippen LogP contribution is -2.59. The largest absolute Gasteiger partial charge is 0.366 e. The van der Waals surface area contributed by atoms with Crippen LogP contribution in [0, 0.1) is 23.2 Å². The van der Waals surface area contributed by atoms with Gasteiger partial charge in [0.15, 0.2) is 6.29 Å². The predicted octanol–water partition coefficient (Wildman–Crippen LogP) is 2.08. The molecular formula is C26H33N3O6. The molecule has 1 saturated heterocycles. The molecular weight excluding hydrogens is 450 g/mol. The van der Waals surface area contributed by atoms with E-state index in [1.54, 1.807) is 4.90 Å². The summed E-state index contributed by atoms with van der Waals surface area (Å²) in [5, 5.41) is 0. The van der Waals surface area contributed by atoms with E-state index >= 15 is 0 Å². The Morgan fingerprint density at radius 2 is 1.57 bits per heavy atom. The second-order valence-electron chi connectivity index (χ2n) is 10.8. The van der Waals surface area contributed by atoms with Crippen molar-refractivity contribution in [1.82, 2.24) is 4.90 Å². The molecule has 1 heterocycles. The first-order chi connectivity index (χ1) is 16.7. The molecule has 5 aliphatic rings. The number of imide groups is 1. The van der Waals surface area contributed by atoms with E-state index in [1.165, 1.54) is 57.7 Å². The first kappa shape index (κ1) is 23.9. The van der Waals surface area contributed by atoms with Crippen LogP contribution in [0.2, 0.25) is 0 Å². The monoisotopic (exact) mass is 483 g/mol. The van der Waals surface area contributed by atoms with Crippen LogP contribution in [0.3, 0.4) is 0 Å². The van der Waals surface area contributed by atoms with Gasteiger partial charge in [-0.1, -0.05) is 0 Å². The third-order valence-electron chi connectivity index (χ3n) is 8.53. The number of anilines is 1. The summed E-state index contributed by atoms with van der Waals surface area (Å²) in [5.41, 5.74) is 5.47. The maximum Gasteiger partial charge on any atom is 0.257 e. The van der Waals surface area contributed by atoms with E-state index in [1.807, 2.05) is 0 Å².